The van der Waals surface area contributed by atoms with Gasteiger partial charge in [-0.05, 0) is 23.8 Å². The monoisotopic (exact) mass is 367 g/mol. The van der Waals surface area contributed by atoms with Crippen molar-refractivity contribution in [2.75, 3.05) is 0 Å². The summed E-state index contributed by atoms with van der Waals surface area (Å²) >= 11 is 6.22. The van der Waals surface area contributed by atoms with Crippen LogP contribution in [-0.4, -0.2) is 35.2 Å². The molecule has 0 radical (unpaired) electrons. The summed E-state index contributed by atoms with van der Waals surface area (Å²) in [5.41, 5.74) is 3.60. The summed E-state index contributed by atoms with van der Waals surface area (Å²) in [7, 11) is 0. The summed E-state index contributed by atoms with van der Waals surface area (Å²) in [6, 6.07) is 7.53. The zero-order chi connectivity index (χ0) is 18.1. The van der Waals surface area contributed by atoms with E-state index in [4.69, 9.17) is 16.7 Å². The van der Waals surface area contributed by atoms with Crippen LogP contribution in [0.15, 0.2) is 55.2 Å². The van der Waals surface area contributed by atoms with Gasteiger partial charge in [0.15, 0.2) is 0 Å². The third-order valence-corrected chi connectivity index (χ3v) is 4.09. The first-order valence-corrected chi connectivity index (χ1v) is 8.28. The predicted molar refractivity (Wildman–Crippen MR) is 96.1 cm³/mol. The number of carboxylic acids is 1. The van der Waals surface area contributed by atoms with Crippen molar-refractivity contribution in [3.8, 4) is 11.3 Å². The number of aliphatic carboxylic acids is 1. The van der Waals surface area contributed by atoms with Gasteiger partial charge < -0.3 is 9.51 Å². The van der Waals surface area contributed by atoms with Crippen LogP contribution in [0, 0.1) is 0 Å². The van der Waals surface area contributed by atoms with E-state index in [2.05, 4.69) is 15.1 Å². The van der Waals surface area contributed by atoms with Gasteiger partial charge in [-0.3, -0.25) is 14.5 Å². The van der Waals surface area contributed by atoms with E-state index in [0.717, 1.165) is 11.1 Å². The minimum absolute atomic E-state index is 0.145. The average Bonchev–Trinajstić information content (AvgIpc) is 3.21. The summed E-state index contributed by atoms with van der Waals surface area (Å²) in [6.07, 6.45) is 8.63. The number of carbonyl (C=O) groups is 1. The van der Waals surface area contributed by atoms with Crippen LogP contribution in [0.3, 0.4) is 0 Å². The Morgan fingerprint density at radius 3 is 2.92 bits per heavy atom. The van der Waals surface area contributed by atoms with Gasteiger partial charge in [-0.1, -0.05) is 17.7 Å². The van der Waals surface area contributed by atoms with Crippen molar-refractivity contribution in [1.29, 1.82) is 0 Å². The molecule has 0 aliphatic carbocycles. The third-order valence-electron chi connectivity index (χ3n) is 3.88. The molecular formula is C18H14ClN5O2. The van der Waals surface area contributed by atoms with Crippen molar-refractivity contribution in [3.05, 3.63) is 71.5 Å². The number of carboxylic acid groups (broad SMARTS) is 1. The number of halogens is 1. The van der Waals surface area contributed by atoms with Crippen LogP contribution in [0.4, 0.5) is 0 Å². The Hall–Kier alpha value is -3.19. The quantitative estimate of drug-likeness (QED) is 0.586. The lowest BCUT2D eigenvalue weighted by Crippen LogP contribution is -2.01. The molecule has 4 heterocycles. The Balaban J connectivity index is 1.72. The minimum Gasteiger partial charge on any atom is -0.481 e. The lowest BCUT2D eigenvalue weighted by Gasteiger charge is -2.03. The molecule has 0 amide bonds. The van der Waals surface area contributed by atoms with Gasteiger partial charge in [0.05, 0.1) is 29.4 Å². The molecule has 0 bridgehead atoms. The molecular weight excluding hydrogens is 354 g/mol. The molecule has 0 saturated carbocycles. The van der Waals surface area contributed by atoms with Crippen molar-refractivity contribution in [1.82, 2.24) is 24.1 Å². The van der Waals surface area contributed by atoms with Crippen molar-refractivity contribution < 1.29 is 9.90 Å². The Bertz CT molecular complexity index is 1090. The van der Waals surface area contributed by atoms with Gasteiger partial charge >= 0.3 is 5.97 Å². The molecule has 130 valence electrons. The number of hydrogen-bond donors (Lipinski definition) is 1. The van der Waals surface area contributed by atoms with E-state index in [1.807, 2.05) is 29.1 Å². The molecule has 4 rings (SSSR count). The van der Waals surface area contributed by atoms with E-state index in [-0.39, 0.29) is 6.42 Å². The van der Waals surface area contributed by atoms with Gasteiger partial charge in [0.1, 0.15) is 5.65 Å². The first-order chi connectivity index (χ1) is 12.6. The number of aromatic nitrogens is 5. The molecule has 1 N–H and O–H groups in total. The smallest absolute Gasteiger partial charge is 0.309 e. The standard InChI is InChI=1S/C18H14ClN5O2/c19-13-6-15(18-21-14(7-17(25)26)11-23(18)10-13)16-3-5-24(22-16)9-12-2-1-4-20-8-12/h1-6,8,10-11H,7,9H2,(H,25,26). The predicted octanol–water partition coefficient (Wildman–Crippen LogP) is 2.92. The first kappa shape index (κ1) is 16.3. The Labute approximate surface area is 153 Å². The molecule has 0 unspecified atom stereocenters. The van der Waals surface area contributed by atoms with Crippen LogP contribution >= 0.6 is 11.6 Å². The molecule has 0 aliphatic rings. The lowest BCUT2D eigenvalue weighted by molar-refractivity contribution is -0.136. The number of hydrogen-bond acceptors (Lipinski definition) is 4. The normalized spacial score (nSPS) is 11.1. The molecule has 0 aromatic carbocycles. The van der Waals surface area contributed by atoms with Crippen molar-refractivity contribution in [3.63, 3.8) is 0 Å². The van der Waals surface area contributed by atoms with Gasteiger partial charge in [0.2, 0.25) is 0 Å². The number of pyridine rings is 2. The second-order valence-corrected chi connectivity index (χ2v) is 6.30. The van der Waals surface area contributed by atoms with E-state index in [1.165, 1.54) is 0 Å². The van der Waals surface area contributed by atoms with Crippen LogP contribution < -0.4 is 0 Å². The van der Waals surface area contributed by atoms with Gasteiger partial charge in [-0.15, -0.1) is 0 Å². The molecule has 0 spiro atoms. The van der Waals surface area contributed by atoms with Gasteiger partial charge in [0, 0.05) is 36.5 Å². The zero-order valence-corrected chi connectivity index (χ0v) is 14.3. The average molecular weight is 368 g/mol. The van der Waals surface area contributed by atoms with Crippen molar-refractivity contribution >= 4 is 23.2 Å². The number of fused-ring (bicyclic) bond motifs is 1. The van der Waals surface area contributed by atoms with Crippen LogP contribution in [0.2, 0.25) is 5.02 Å². The molecule has 0 aliphatic heterocycles. The van der Waals surface area contributed by atoms with Crippen LogP contribution in [0.5, 0.6) is 0 Å². The fourth-order valence-electron chi connectivity index (χ4n) is 2.82. The van der Waals surface area contributed by atoms with Gasteiger partial charge in [-0.2, -0.15) is 5.10 Å². The van der Waals surface area contributed by atoms with Gasteiger partial charge in [-0.25, -0.2) is 4.98 Å². The van der Waals surface area contributed by atoms with E-state index in [1.54, 1.807) is 35.3 Å². The lowest BCUT2D eigenvalue weighted by atomic mass is 10.2. The molecule has 4 aromatic rings. The highest BCUT2D eigenvalue weighted by atomic mass is 35.5. The summed E-state index contributed by atoms with van der Waals surface area (Å²) in [4.78, 5) is 19.5. The molecule has 4 aromatic heterocycles. The van der Waals surface area contributed by atoms with Crippen LogP contribution in [0.25, 0.3) is 16.9 Å². The fraction of sp³-hybridized carbons (Fsp3) is 0.111. The Morgan fingerprint density at radius 1 is 1.27 bits per heavy atom. The van der Waals surface area contributed by atoms with Gasteiger partial charge in [0.25, 0.3) is 0 Å². The molecule has 26 heavy (non-hydrogen) atoms. The van der Waals surface area contributed by atoms with E-state index in [9.17, 15) is 4.79 Å². The fourth-order valence-corrected chi connectivity index (χ4v) is 3.03. The summed E-state index contributed by atoms with van der Waals surface area (Å²) in [5, 5.41) is 14.1. The molecule has 0 saturated heterocycles. The molecule has 8 heteroatoms. The van der Waals surface area contributed by atoms with E-state index in [0.29, 0.717) is 28.6 Å². The van der Waals surface area contributed by atoms with Crippen molar-refractivity contribution in [2.24, 2.45) is 0 Å². The third kappa shape index (κ3) is 3.29. The molecule has 7 nitrogen and oxygen atoms in total. The topological polar surface area (TPSA) is 85.3 Å². The minimum atomic E-state index is -0.929. The summed E-state index contributed by atoms with van der Waals surface area (Å²) in [6.45, 7) is 0.601. The summed E-state index contributed by atoms with van der Waals surface area (Å²) in [5.74, 6) is -0.929. The van der Waals surface area contributed by atoms with E-state index < -0.39 is 5.97 Å². The highest BCUT2D eigenvalue weighted by molar-refractivity contribution is 6.30. The first-order valence-electron chi connectivity index (χ1n) is 7.90. The van der Waals surface area contributed by atoms with Crippen LogP contribution in [-0.2, 0) is 17.8 Å². The SMILES string of the molecule is O=C(O)Cc1cn2cc(Cl)cc(-c3ccn(Cc4cccnc4)n3)c2n1. The number of nitrogens with zero attached hydrogens (tertiary/aromatic N) is 5. The van der Waals surface area contributed by atoms with Crippen molar-refractivity contribution in [2.45, 2.75) is 13.0 Å². The largest absolute Gasteiger partial charge is 0.481 e. The second-order valence-electron chi connectivity index (χ2n) is 5.87. The van der Waals surface area contributed by atoms with E-state index >= 15 is 0 Å². The number of rotatable bonds is 5. The molecule has 0 fully saturated rings. The highest BCUT2D eigenvalue weighted by Crippen LogP contribution is 2.26. The maximum atomic E-state index is 10.9. The maximum absolute atomic E-state index is 10.9. The summed E-state index contributed by atoms with van der Waals surface area (Å²) < 4.78 is 3.54. The molecule has 0 atom stereocenters. The zero-order valence-electron chi connectivity index (χ0n) is 13.6. The highest BCUT2D eigenvalue weighted by Gasteiger charge is 2.14. The number of imidazole rings is 1. The Kier molecular flexibility index (Phi) is 4.14. The second kappa shape index (κ2) is 6.61. The Morgan fingerprint density at radius 2 is 2.15 bits per heavy atom. The van der Waals surface area contributed by atoms with Crippen LogP contribution in [0.1, 0.15) is 11.3 Å². The maximum Gasteiger partial charge on any atom is 0.309 e.